The van der Waals surface area contributed by atoms with Crippen LogP contribution in [0.15, 0.2) is 18.2 Å². The van der Waals surface area contributed by atoms with Crippen LogP contribution in [-0.4, -0.2) is 4.32 Å². The second-order valence-electron chi connectivity index (χ2n) is 3.00. The fraction of sp³-hybridized carbons (Fsp3) is 0.300. The van der Waals surface area contributed by atoms with Gasteiger partial charge < -0.3 is 30.2 Å². The van der Waals surface area contributed by atoms with Crippen LogP contribution in [0, 0.1) is 13.8 Å². The molecule has 0 aliphatic rings. The summed E-state index contributed by atoms with van der Waals surface area (Å²) in [7, 11) is 0. The van der Waals surface area contributed by atoms with E-state index in [4.69, 9.17) is 24.8 Å². The number of nitrogens with one attached hydrogen (secondary N) is 1. The van der Waals surface area contributed by atoms with Gasteiger partial charge in [0.25, 0.3) is 0 Å². The molecule has 1 aromatic carbocycles. The molecular formula is C10H12NNaS2. The molecule has 0 aliphatic carbocycles. The van der Waals surface area contributed by atoms with Gasteiger partial charge in [-0.3, -0.25) is 0 Å². The third-order valence-electron chi connectivity index (χ3n) is 2.14. The molecule has 0 amide bonds. The molecule has 0 atom stereocenters. The van der Waals surface area contributed by atoms with Gasteiger partial charge in [0, 0.05) is 6.54 Å². The molecule has 4 heteroatoms. The van der Waals surface area contributed by atoms with Gasteiger partial charge in [-0.15, -0.1) is 0 Å². The molecule has 1 rings (SSSR count). The van der Waals surface area contributed by atoms with Crippen LogP contribution in [0.2, 0.25) is 0 Å². The third kappa shape index (κ3) is 4.24. The Kier molecular flexibility index (Phi) is 6.91. The molecule has 0 aliphatic heterocycles. The molecule has 0 aromatic heterocycles. The van der Waals surface area contributed by atoms with Gasteiger partial charge in [-0.25, -0.2) is 0 Å². The summed E-state index contributed by atoms with van der Waals surface area (Å²) in [6.07, 6.45) is 0. The van der Waals surface area contributed by atoms with Crippen LogP contribution in [0.5, 0.6) is 0 Å². The maximum absolute atomic E-state index is 4.77. The molecule has 0 unspecified atom stereocenters. The van der Waals surface area contributed by atoms with Gasteiger partial charge >= 0.3 is 29.6 Å². The second kappa shape index (κ2) is 6.75. The van der Waals surface area contributed by atoms with Crippen molar-refractivity contribution in [2.24, 2.45) is 0 Å². The van der Waals surface area contributed by atoms with E-state index in [0.717, 1.165) is 6.54 Å². The van der Waals surface area contributed by atoms with E-state index in [1.54, 1.807) is 0 Å². The maximum Gasteiger partial charge on any atom is 1.00 e. The maximum atomic E-state index is 4.77. The number of aryl methyl sites for hydroxylation is 1. The summed E-state index contributed by atoms with van der Waals surface area (Å²) in [5.41, 5.74) is 3.86. The average Bonchev–Trinajstić information content (AvgIpc) is 2.07. The monoisotopic (exact) mass is 233 g/mol. The predicted molar refractivity (Wildman–Crippen MR) is 62.7 cm³/mol. The zero-order valence-electron chi connectivity index (χ0n) is 8.76. The first-order valence-electron chi connectivity index (χ1n) is 4.11. The molecule has 14 heavy (non-hydrogen) atoms. The average molecular weight is 233 g/mol. The Morgan fingerprint density at radius 3 is 2.64 bits per heavy atom. The zero-order chi connectivity index (χ0) is 9.84. The van der Waals surface area contributed by atoms with E-state index in [1.165, 1.54) is 16.7 Å². The number of thiocarbonyl (C=S) groups is 1. The molecular weight excluding hydrogens is 221 g/mol. The van der Waals surface area contributed by atoms with E-state index in [1.807, 2.05) is 6.07 Å². The van der Waals surface area contributed by atoms with E-state index in [-0.39, 0.29) is 29.6 Å². The Morgan fingerprint density at radius 2 is 2.07 bits per heavy atom. The molecule has 0 radical (unpaired) electrons. The van der Waals surface area contributed by atoms with Gasteiger partial charge in [0.2, 0.25) is 0 Å². The summed E-state index contributed by atoms with van der Waals surface area (Å²) in [4.78, 5) is 0. The van der Waals surface area contributed by atoms with E-state index in [9.17, 15) is 0 Å². The quantitative estimate of drug-likeness (QED) is 0.409. The van der Waals surface area contributed by atoms with E-state index in [2.05, 4.69) is 31.3 Å². The van der Waals surface area contributed by atoms with Crippen molar-refractivity contribution < 1.29 is 29.6 Å². The first-order chi connectivity index (χ1) is 6.11. The normalized spacial score (nSPS) is 9.00. The number of rotatable bonds is 2. The smallest absolute Gasteiger partial charge is 0.412 e. The number of hydrogen-bond acceptors (Lipinski definition) is 2. The fourth-order valence-corrected chi connectivity index (χ4v) is 1.32. The summed E-state index contributed by atoms with van der Waals surface area (Å²) in [6.45, 7) is 4.94. The van der Waals surface area contributed by atoms with Gasteiger partial charge in [0.05, 0.1) is 0 Å². The second-order valence-corrected chi connectivity index (χ2v) is 4.07. The molecule has 0 heterocycles. The standard InChI is InChI=1S/C10H13NS2.Na/c1-7-4-3-5-9(8(7)2)6-11-10(12)13;/h3-5H,6H2,1-2H3,(H2,11,12,13);/q;+1/p-1. The Morgan fingerprint density at radius 1 is 1.43 bits per heavy atom. The summed E-state index contributed by atoms with van der Waals surface area (Å²) in [6, 6.07) is 6.24. The van der Waals surface area contributed by atoms with Crippen molar-refractivity contribution in [3.8, 4) is 0 Å². The van der Waals surface area contributed by atoms with Crippen molar-refractivity contribution >= 4 is 29.2 Å². The van der Waals surface area contributed by atoms with Crippen LogP contribution < -0.4 is 34.9 Å². The van der Waals surface area contributed by atoms with Crippen LogP contribution in [-0.2, 0) is 19.2 Å². The van der Waals surface area contributed by atoms with Gasteiger partial charge in [-0.2, -0.15) is 0 Å². The predicted octanol–water partition coefficient (Wildman–Crippen LogP) is -0.771. The van der Waals surface area contributed by atoms with Crippen LogP contribution >= 0.6 is 12.2 Å². The largest absolute Gasteiger partial charge is 1.00 e. The molecule has 1 N–H and O–H groups in total. The van der Waals surface area contributed by atoms with Gasteiger partial charge in [0.15, 0.2) is 0 Å². The Labute approximate surface area is 118 Å². The summed E-state index contributed by atoms with van der Waals surface area (Å²) in [5.74, 6) is 0. The van der Waals surface area contributed by atoms with Gasteiger partial charge in [-0.05, 0) is 30.5 Å². The van der Waals surface area contributed by atoms with Gasteiger partial charge in [-0.1, -0.05) is 22.5 Å². The summed E-state index contributed by atoms with van der Waals surface area (Å²) < 4.78 is 0.431. The molecule has 0 saturated carbocycles. The number of benzene rings is 1. The van der Waals surface area contributed by atoms with Crippen molar-refractivity contribution in [1.29, 1.82) is 0 Å². The van der Waals surface area contributed by atoms with E-state index in [0.29, 0.717) is 4.32 Å². The Balaban J connectivity index is 0.00000169. The Bertz CT molecular complexity index is 326. The van der Waals surface area contributed by atoms with Crippen LogP contribution in [0.1, 0.15) is 16.7 Å². The number of hydrogen-bond donors (Lipinski definition) is 1. The van der Waals surface area contributed by atoms with Crippen molar-refractivity contribution in [2.75, 3.05) is 0 Å². The fourth-order valence-electron chi connectivity index (χ4n) is 1.17. The third-order valence-corrected chi connectivity index (χ3v) is 2.43. The summed E-state index contributed by atoms with van der Waals surface area (Å²) >= 11 is 9.55. The SMILES string of the molecule is Cc1cccc(CNC(=S)[S-])c1C.[Na+]. The molecule has 70 valence electrons. The van der Waals surface area contributed by atoms with Crippen molar-refractivity contribution in [3.63, 3.8) is 0 Å². The van der Waals surface area contributed by atoms with Crippen LogP contribution in [0.25, 0.3) is 0 Å². The molecule has 0 saturated heterocycles. The molecule has 1 aromatic rings. The van der Waals surface area contributed by atoms with E-state index < -0.39 is 0 Å². The van der Waals surface area contributed by atoms with Crippen molar-refractivity contribution in [1.82, 2.24) is 5.32 Å². The first kappa shape index (κ1) is 14.3. The first-order valence-corrected chi connectivity index (χ1v) is 4.93. The molecule has 0 bridgehead atoms. The van der Waals surface area contributed by atoms with Crippen LogP contribution in [0.4, 0.5) is 0 Å². The molecule has 1 nitrogen and oxygen atoms in total. The Hall–Kier alpha value is 0.330. The van der Waals surface area contributed by atoms with Crippen molar-refractivity contribution in [3.05, 3.63) is 34.9 Å². The minimum atomic E-state index is 0. The van der Waals surface area contributed by atoms with Gasteiger partial charge in [0.1, 0.15) is 0 Å². The van der Waals surface area contributed by atoms with Crippen molar-refractivity contribution in [2.45, 2.75) is 20.4 Å². The minimum Gasteiger partial charge on any atom is -0.412 e. The summed E-state index contributed by atoms with van der Waals surface area (Å²) in [5, 5.41) is 2.98. The van der Waals surface area contributed by atoms with E-state index >= 15 is 0 Å². The van der Waals surface area contributed by atoms with Crippen LogP contribution in [0.3, 0.4) is 0 Å². The topological polar surface area (TPSA) is 12.0 Å². The molecule has 0 fully saturated rings. The zero-order valence-corrected chi connectivity index (χ0v) is 12.4. The minimum absolute atomic E-state index is 0. The molecule has 0 spiro atoms.